The molecular formula is C24H20BrClN2O2S. The fraction of sp³-hybridized carbons (Fsp3) is 0.167. The van der Waals surface area contributed by atoms with Gasteiger partial charge in [0.1, 0.15) is 0 Å². The molecule has 0 saturated heterocycles. The van der Waals surface area contributed by atoms with E-state index in [-0.39, 0.29) is 16.9 Å². The first-order valence-corrected chi connectivity index (χ1v) is 12.7. The standard InChI is InChI=1S/C24H20BrClN2O2S/c25-16-10-8-15(9-11-16)24-19-5-3-4-18(19)20-14-17(12-13-22(20)27-24)31(29,30)28-23-7-2-1-6-21(23)26/h1-4,6-14,18-19,24,27-28H,5H2/t18-,19+,24+/m0/s1. The molecule has 3 atom stereocenters. The fourth-order valence-electron chi connectivity index (χ4n) is 4.49. The van der Waals surface area contributed by atoms with Crippen molar-refractivity contribution >= 4 is 48.9 Å². The zero-order valence-corrected chi connectivity index (χ0v) is 19.6. The van der Waals surface area contributed by atoms with Crippen molar-refractivity contribution in [1.82, 2.24) is 0 Å². The van der Waals surface area contributed by atoms with Crippen molar-refractivity contribution in [2.45, 2.75) is 23.3 Å². The van der Waals surface area contributed by atoms with Crippen LogP contribution < -0.4 is 10.0 Å². The molecule has 0 fully saturated rings. The van der Waals surface area contributed by atoms with Crippen LogP contribution in [0.3, 0.4) is 0 Å². The summed E-state index contributed by atoms with van der Waals surface area (Å²) in [5.74, 6) is 0.503. The van der Waals surface area contributed by atoms with Gasteiger partial charge in [0, 0.05) is 16.1 Å². The molecule has 0 spiro atoms. The van der Waals surface area contributed by atoms with Crippen molar-refractivity contribution < 1.29 is 8.42 Å². The zero-order chi connectivity index (χ0) is 21.6. The smallest absolute Gasteiger partial charge is 0.261 e. The van der Waals surface area contributed by atoms with Crippen LogP contribution in [0.15, 0.2) is 88.3 Å². The topological polar surface area (TPSA) is 58.2 Å². The van der Waals surface area contributed by atoms with Crippen molar-refractivity contribution in [3.05, 3.63) is 99.5 Å². The molecule has 7 heteroatoms. The van der Waals surface area contributed by atoms with Gasteiger partial charge in [-0.05, 0) is 65.9 Å². The zero-order valence-electron chi connectivity index (χ0n) is 16.4. The van der Waals surface area contributed by atoms with E-state index >= 15 is 0 Å². The van der Waals surface area contributed by atoms with Gasteiger partial charge in [-0.1, -0.05) is 63.9 Å². The maximum atomic E-state index is 13.0. The molecule has 1 aliphatic carbocycles. The Morgan fingerprint density at radius 3 is 2.58 bits per heavy atom. The van der Waals surface area contributed by atoms with Crippen molar-refractivity contribution in [1.29, 1.82) is 0 Å². The molecule has 2 N–H and O–H groups in total. The lowest BCUT2D eigenvalue weighted by molar-refractivity contribution is 0.425. The molecule has 0 amide bonds. The number of hydrogen-bond donors (Lipinski definition) is 2. The average molecular weight is 516 g/mol. The third-order valence-corrected chi connectivity index (χ3v) is 8.21. The van der Waals surface area contributed by atoms with E-state index in [1.807, 2.05) is 6.07 Å². The maximum absolute atomic E-state index is 13.0. The van der Waals surface area contributed by atoms with Crippen molar-refractivity contribution in [2.24, 2.45) is 5.92 Å². The Balaban J connectivity index is 1.50. The lowest BCUT2D eigenvalue weighted by Crippen LogP contribution is -2.29. The highest BCUT2D eigenvalue weighted by Gasteiger charge is 2.38. The summed E-state index contributed by atoms with van der Waals surface area (Å²) in [5.41, 5.74) is 3.57. The number of sulfonamides is 1. The molecule has 3 aromatic carbocycles. The molecule has 0 bridgehead atoms. The molecule has 5 rings (SSSR count). The van der Waals surface area contributed by atoms with Crippen LogP contribution in [0.2, 0.25) is 5.02 Å². The molecule has 0 radical (unpaired) electrons. The summed E-state index contributed by atoms with van der Waals surface area (Å²) < 4.78 is 29.7. The monoisotopic (exact) mass is 514 g/mol. The number of fused-ring (bicyclic) bond motifs is 3. The fourth-order valence-corrected chi connectivity index (χ4v) is 6.11. The largest absolute Gasteiger partial charge is 0.378 e. The summed E-state index contributed by atoms with van der Waals surface area (Å²) in [7, 11) is -3.76. The van der Waals surface area contributed by atoms with Gasteiger partial charge in [-0.3, -0.25) is 4.72 Å². The summed E-state index contributed by atoms with van der Waals surface area (Å²) in [6.45, 7) is 0. The Kier molecular flexibility index (Phi) is 5.32. The van der Waals surface area contributed by atoms with Gasteiger partial charge in [0.05, 0.1) is 21.6 Å². The van der Waals surface area contributed by atoms with E-state index < -0.39 is 10.0 Å². The second-order valence-electron chi connectivity index (χ2n) is 7.86. The number of hydrogen-bond acceptors (Lipinski definition) is 3. The SMILES string of the molecule is O=S(=O)(Nc1ccccc1Cl)c1ccc2c(c1)[C@H]1C=CC[C@H]1[C@@H](c1ccc(Br)cc1)N2. The van der Waals surface area contributed by atoms with Crippen molar-refractivity contribution in [3.63, 3.8) is 0 Å². The van der Waals surface area contributed by atoms with Crippen LogP contribution >= 0.6 is 27.5 Å². The predicted octanol–water partition coefficient (Wildman–Crippen LogP) is 6.73. The molecule has 31 heavy (non-hydrogen) atoms. The first kappa shape index (κ1) is 20.6. The van der Waals surface area contributed by atoms with E-state index in [9.17, 15) is 8.42 Å². The molecule has 3 aromatic rings. The molecule has 2 aliphatic rings. The van der Waals surface area contributed by atoms with E-state index in [1.54, 1.807) is 36.4 Å². The lowest BCUT2D eigenvalue weighted by atomic mass is 9.77. The highest BCUT2D eigenvalue weighted by Crippen LogP contribution is 2.50. The van der Waals surface area contributed by atoms with E-state index in [0.29, 0.717) is 16.6 Å². The summed E-state index contributed by atoms with van der Waals surface area (Å²) >= 11 is 9.64. The third kappa shape index (κ3) is 3.88. The number of halogens is 2. The van der Waals surface area contributed by atoms with Gasteiger partial charge in [-0.15, -0.1) is 0 Å². The van der Waals surface area contributed by atoms with Gasteiger partial charge >= 0.3 is 0 Å². The molecule has 0 unspecified atom stereocenters. The number of anilines is 2. The number of allylic oxidation sites excluding steroid dienone is 2. The van der Waals surface area contributed by atoms with Crippen LogP contribution in [0.5, 0.6) is 0 Å². The van der Waals surface area contributed by atoms with Crippen molar-refractivity contribution in [2.75, 3.05) is 10.0 Å². The van der Waals surface area contributed by atoms with E-state index in [1.165, 1.54) is 5.56 Å². The van der Waals surface area contributed by atoms with Crippen LogP contribution in [0.4, 0.5) is 11.4 Å². The minimum atomic E-state index is -3.76. The summed E-state index contributed by atoms with van der Waals surface area (Å²) in [5, 5.41) is 4.01. The average Bonchev–Trinajstić information content (AvgIpc) is 3.25. The Morgan fingerprint density at radius 2 is 1.81 bits per heavy atom. The Hall–Kier alpha value is -2.28. The van der Waals surface area contributed by atoms with E-state index in [2.05, 4.69) is 62.4 Å². The minimum absolute atomic E-state index is 0.167. The predicted molar refractivity (Wildman–Crippen MR) is 129 cm³/mol. The molecule has 0 saturated carbocycles. The van der Waals surface area contributed by atoms with Gasteiger partial charge < -0.3 is 5.32 Å². The minimum Gasteiger partial charge on any atom is -0.378 e. The van der Waals surface area contributed by atoms with E-state index in [0.717, 1.165) is 22.1 Å². The van der Waals surface area contributed by atoms with Gasteiger partial charge in [-0.25, -0.2) is 8.42 Å². The van der Waals surface area contributed by atoms with Gasteiger partial charge in [0.15, 0.2) is 0 Å². The normalized spacial score (nSPS) is 21.8. The summed E-state index contributed by atoms with van der Waals surface area (Å²) in [6.07, 6.45) is 5.35. The highest BCUT2D eigenvalue weighted by molar-refractivity contribution is 9.10. The third-order valence-electron chi connectivity index (χ3n) is 5.99. The molecule has 0 aromatic heterocycles. The highest BCUT2D eigenvalue weighted by atomic mass is 79.9. The second kappa shape index (κ2) is 8.01. The molecular weight excluding hydrogens is 496 g/mol. The van der Waals surface area contributed by atoms with Crippen LogP contribution in [0.25, 0.3) is 0 Å². The number of nitrogens with one attached hydrogen (secondary N) is 2. The number of rotatable bonds is 4. The first-order chi connectivity index (χ1) is 14.9. The van der Waals surface area contributed by atoms with Gasteiger partial charge in [-0.2, -0.15) is 0 Å². The van der Waals surface area contributed by atoms with Crippen LogP contribution in [-0.4, -0.2) is 8.42 Å². The number of para-hydroxylation sites is 1. The maximum Gasteiger partial charge on any atom is 0.261 e. The summed E-state index contributed by atoms with van der Waals surface area (Å²) in [6, 6.07) is 20.7. The first-order valence-electron chi connectivity index (χ1n) is 10.0. The Labute approximate surface area is 195 Å². The van der Waals surface area contributed by atoms with Gasteiger partial charge in [0.2, 0.25) is 0 Å². The lowest BCUT2D eigenvalue weighted by Gasteiger charge is -2.37. The Bertz CT molecular complexity index is 1270. The number of benzene rings is 3. The Morgan fingerprint density at radius 1 is 1.03 bits per heavy atom. The van der Waals surface area contributed by atoms with Crippen LogP contribution in [0, 0.1) is 5.92 Å². The molecule has 1 aliphatic heterocycles. The molecule has 4 nitrogen and oxygen atoms in total. The van der Waals surface area contributed by atoms with Crippen molar-refractivity contribution in [3.8, 4) is 0 Å². The van der Waals surface area contributed by atoms with Crippen LogP contribution in [0.1, 0.15) is 29.5 Å². The molecule has 158 valence electrons. The van der Waals surface area contributed by atoms with Gasteiger partial charge in [0.25, 0.3) is 10.0 Å². The van der Waals surface area contributed by atoms with Crippen LogP contribution in [-0.2, 0) is 10.0 Å². The van der Waals surface area contributed by atoms with E-state index in [4.69, 9.17) is 11.6 Å². The molecule has 1 heterocycles. The second-order valence-corrected chi connectivity index (χ2v) is 10.9. The quantitative estimate of drug-likeness (QED) is 0.379. The summed E-state index contributed by atoms with van der Waals surface area (Å²) in [4.78, 5) is 0.231.